The van der Waals surface area contributed by atoms with Crippen LogP contribution >= 0.6 is 11.3 Å². The first-order valence-electron chi connectivity index (χ1n) is 5.83. The van der Waals surface area contributed by atoms with Crippen molar-refractivity contribution in [3.63, 3.8) is 0 Å². The zero-order chi connectivity index (χ0) is 14.3. The zero-order valence-electron chi connectivity index (χ0n) is 10.5. The molecule has 0 aliphatic carbocycles. The molecule has 1 aromatic rings. The van der Waals surface area contributed by atoms with Gasteiger partial charge in [0.2, 0.25) is 5.91 Å². The normalized spacial score (nSPS) is 11.6. The van der Waals surface area contributed by atoms with Gasteiger partial charge in [-0.3, -0.25) is 14.4 Å². The number of aliphatic carboxylic acids is 1. The second kappa shape index (κ2) is 7.52. The van der Waals surface area contributed by atoms with Crippen LogP contribution in [0.4, 0.5) is 0 Å². The van der Waals surface area contributed by atoms with E-state index < -0.39 is 12.0 Å². The maximum Gasteiger partial charge on any atom is 0.325 e. The highest BCUT2D eigenvalue weighted by Gasteiger charge is 2.13. The Hall–Kier alpha value is -1.89. The van der Waals surface area contributed by atoms with Gasteiger partial charge in [-0.2, -0.15) is 11.3 Å². The summed E-state index contributed by atoms with van der Waals surface area (Å²) in [5, 5.41) is 17.2. The van der Waals surface area contributed by atoms with E-state index in [1.54, 1.807) is 11.4 Å². The fourth-order valence-electron chi connectivity index (χ4n) is 1.32. The molecule has 1 aromatic heterocycles. The summed E-state index contributed by atoms with van der Waals surface area (Å²) in [6.45, 7) is 1.78. The van der Waals surface area contributed by atoms with Crippen LogP contribution in [0.2, 0.25) is 0 Å². The molecular formula is C12H16N2O4S. The molecule has 0 radical (unpaired) electrons. The molecule has 0 spiro atoms. The molecule has 0 fully saturated rings. The molecule has 104 valence electrons. The Labute approximate surface area is 114 Å². The first kappa shape index (κ1) is 15.2. The van der Waals surface area contributed by atoms with Crippen molar-refractivity contribution in [3.05, 3.63) is 22.4 Å². The monoisotopic (exact) mass is 284 g/mol. The van der Waals surface area contributed by atoms with E-state index in [4.69, 9.17) is 5.11 Å². The Bertz CT molecular complexity index is 445. The third-order valence-corrected chi connectivity index (χ3v) is 3.08. The van der Waals surface area contributed by atoms with Crippen molar-refractivity contribution in [2.24, 2.45) is 0 Å². The minimum Gasteiger partial charge on any atom is -0.480 e. The molecule has 1 rings (SSSR count). The molecule has 19 heavy (non-hydrogen) atoms. The van der Waals surface area contributed by atoms with Gasteiger partial charge in [-0.15, -0.1) is 0 Å². The molecule has 1 heterocycles. The van der Waals surface area contributed by atoms with Crippen LogP contribution in [0.25, 0.3) is 0 Å². The number of carboxylic acids is 1. The smallest absolute Gasteiger partial charge is 0.325 e. The number of amides is 2. The van der Waals surface area contributed by atoms with Gasteiger partial charge >= 0.3 is 5.97 Å². The Morgan fingerprint density at radius 2 is 2.16 bits per heavy atom. The van der Waals surface area contributed by atoms with E-state index in [9.17, 15) is 14.4 Å². The summed E-state index contributed by atoms with van der Waals surface area (Å²) in [6, 6.07) is 0.828. The summed E-state index contributed by atoms with van der Waals surface area (Å²) in [5.74, 6) is -1.57. The lowest BCUT2D eigenvalue weighted by Gasteiger charge is -2.09. The summed E-state index contributed by atoms with van der Waals surface area (Å²) < 4.78 is 0. The zero-order valence-corrected chi connectivity index (χ0v) is 11.3. The van der Waals surface area contributed by atoms with Crippen LogP contribution in [0.1, 0.15) is 30.1 Å². The van der Waals surface area contributed by atoms with Gasteiger partial charge in [0.05, 0.1) is 0 Å². The lowest BCUT2D eigenvalue weighted by atomic mass is 10.2. The first-order valence-corrected chi connectivity index (χ1v) is 6.77. The Morgan fingerprint density at radius 1 is 1.42 bits per heavy atom. The molecule has 0 saturated heterocycles. The quantitative estimate of drug-likeness (QED) is 0.647. The summed E-state index contributed by atoms with van der Waals surface area (Å²) in [7, 11) is 0. The Morgan fingerprint density at radius 3 is 2.74 bits per heavy atom. The third-order valence-electron chi connectivity index (χ3n) is 2.40. The maximum atomic E-state index is 11.5. The van der Waals surface area contributed by atoms with Crippen LogP contribution in [-0.4, -0.2) is 35.5 Å². The fraction of sp³-hybridized carbons (Fsp3) is 0.417. The average Bonchev–Trinajstić information content (AvgIpc) is 2.88. The number of hydrogen-bond acceptors (Lipinski definition) is 4. The van der Waals surface area contributed by atoms with Gasteiger partial charge in [0.1, 0.15) is 6.04 Å². The molecular weight excluding hydrogens is 268 g/mol. The van der Waals surface area contributed by atoms with E-state index >= 15 is 0 Å². The molecule has 7 heteroatoms. The number of nitrogens with one attached hydrogen (secondary N) is 2. The van der Waals surface area contributed by atoms with Gasteiger partial charge in [-0.05, 0) is 24.8 Å². The summed E-state index contributed by atoms with van der Waals surface area (Å²) in [5.41, 5.74) is 0.606. The van der Waals surface area contributed by atoms with Gasteiger partial charge < -0.3 is 15.7 Å². The predicted octanol–water partition coefficient (Wildman–Crippen LogP) is 0.847. The van der Waals surface area contributed by atoms with E-state index in [1.165, 1.54) is 18.3 Å². The summed E-state index contributed by atoms with van der Waals surface area (Å²) in [4.78, 5) is 33.4. The first-order chi connectivity index (χ1) is 9.00. The van der Waals surface area contributed by atoms with E-state index in [0.717, 1.165) is 0 Å². The Balaban J connectivity index is 2.15. The maximum absolute atomic E-state index is 11.5. The molecule has 6 nitrogen and oxygen atoms in total. The summed E-state index contributed by atoms with van der Waals surface area (Å²) in [6.07, 6.45) is 0.648. The molecule has 0 aliphatic heterocycles. The standard InChI is InChI=1S/C12H16N2O4S/c1-8(12(17)18)14-10(15)3-2-5-13-11(16)9-4-6-19-7-9/h4,6-8H,2-3,5H2,1H3,(H,13,16)(H,14,15)(H,17,18). The number of rotatable bonds is 7. The van der Waals surface area contributed by atoms with E-state index in [1.807, 2.05) is 5.38 Å². The molecule has 1 atom stereocenters. The number of thiophene rings is 1. The number of carbonyl (C=O) groups excluding carboxylic acids is 2. The lowest BCUT2D eigenvalue weighted by Crippen LogP contribution is -2.38. The van der Waals surface area contributed by atoms with Crippen molar-refractivity contribution >= 4 is 29.1 Å². The summed E-state index contributed by atoms with van der Waals surface area (Å²) >= 11 is 1.44. The van der Waals surface area contributed by atoms with Crippen LogP contribution in [0.5, 0.6) is 0 Å². The van der Waals surface area contributed by atoms with Crippen LogP contribution in [-0.2, 0) is 9.59 Å². The largest absolute Gasteiger partial charge is 0.480 e. The second-order valence-electron chi connectivity index (χ2n) is 4.00. The van der Waals surface area contributed by atoms with Crippen LogP contribution in [0, 0.1) is 0 Å². The Kier molecular flexibility index (Phi) is 6.01. The van der Waals surface area contributed by atoms with Crippen molar-refractivity contribution < 1.29 is 19.5 Å². The third kappa shape index (κ3) is 5.52. The fourth-order valence-corrected chi connectivity index (χ4v) is 1.96. The SMILES string of the molecule is CC(NC(=O)CCCNC(=O)c1ccsc1)C(=O)O. The van der Waals surface area contributed by atoms with Gasteiger partial charge in [-0.1, -0.05) is 0 Å². The van der Waals surface area contributed by atoms with Crippen molar-refractivity contribution in [1.29, 1.82) is 0 Å². The minimum absolute atomic E-state index is 0.166. The lowest BCUT2D eigenvalue weighted by molar-refractivity contribution is -0.141. The number of hydrogen-bond donors (Lipinski definition) is 3. The van der Waals surface area contributed by atoms with Gasteiger partial charge in [-0.25, -0.2) is 0 Å². The van der Waals surface area contributed by atoms with Gasteiger partial charge in [0.25, 0.3) is 5.91 Å². The number of carbonyl (C=O) groups is 3. The van der Waals surface area contributed by atoms with Crippen LogP contribution < -0.4 is 10.6 Å². The predicted molar refractivity (Wildman–Crippen MR) is 71.1 cm³/mol. The highest BCUT2D eigenvalue weighted by Crippen LogP contribution is 2.05. The van der Waals surface area contributed by atoms with Crippen LogP contribution in [0.3, 0.4) is 0 Å². The molecule has 0 aliphatic rings. The molecule has 0 aromatic carbocycles. The molecule has 1 unspecified atom stereocenters. The molecule has 0 saturated carbocycles. The average molecular weight is 284 g/mol. The minimum atomic E-state index is -1.07. The van der Waals surface area contributed by atoms with Crippen molar-refractivity contribution in [2.45, 2.75) is 25.8 Å². The van der Waals surface area contributed by atoms with Crippen molar-refractivity contribution in [2.75, 3.05) is 6.54 Å². The van der Waals surface area contributed by atoms with E-state index in [-0.39, 0.29) is 18.2 Å². The molecule has 2 amide bonds. The molecule has 0 bridgehead atoms. The highest BCUT2D eigenvalue weighted by atomic mass is 32.1. The topological polar surface area (TPSA) is 95.5 Å². The van der Waals surface area contributed by atoms with Crippen molar-refractivity contribution in [1.82, 2.24) is 10.6 Å². The van der Waals surface area contributed by atoms with Gasteiger partial charge in [0.15, 0.2) is 0 Å². The highest BCUT2D eigenvalue weighted by molar-refractivity contribution is 7.08. The molecule has 3 N–H and O–H groups in total. The second-order valence-corrected chi connectivity index (χ2v) is 4.78. The van der Waals surface area contributed by atoms with Gasteiger partial charge in [0, 0.05) is 23.9 Å². The van der Waals surface area contributed by atoms with E-state index in [2.05, 4.69) is 10.6 Å². The van der Waals surface area contributed by atoms with E-state index in [0.29, 0.717) is 18.5 Å². The van der Waals surface area contributed by atoms with Crippen molar-refractivity contribution in [3.8, 4) is 0 Å². The number of carboxylic acid groups (broad SMARTS) is 1. The van der Waals surface area contributed by atoms with Crippen LogP contribution in [0.15, 0.2) is 16.8 Å².